The molecule has 0 atom stereocenters. The third kappa shape index (κ3) is 1.71. The van der Waals surface area contributed by atoms with Gasteiger partial charge in [0.05, 0.1) is 0 Å². The SMILES string of the molecule is Cn1ccnc1-c1nc(-c2ccccc2)n[nH]1. The third-order valence-electron chi connectivity index (χ3n) is 2.55. The van der Waals surface area contributed by atoms with Crippen LogP contribution in [0.5, 0.6) is 0 Å². The van der Waals surface area contributed by atoms with Crippen molar-refractivity contribution in [2.45, 2.75) is 0 Å². The first-order valence-electron chi connectivity index (χ1n) is 5.30. The fourth-order valence-electron chi connectivity index (χ4n) is 1.67. The fourth-order valence-corrected chi connectivity index (χ4v) is 1.67. The van der Waals surface area contributed by atoms with Gasteiger partial charge in [0, 0.05) is 25.0 Å². The lowest BCUT2D eigenvalue weighted by Crippen LogP contribution is -1.92. The summed E-state index contributed by atoms with van der Waals surface area (Å²) in [5, 5.41) is 7.10. The van der Waals surface area contributed by atoms with Gasteiger partial charge in [-0.3, -0.25) is 5.10 Å². The van der Waals surface area contributed by atoms with Gasteiger partial charge in [0.25, 0.3) is 0 Å². The Hall–Kier alpha value is -2.43. The highest BCUT2D eigenvalue weighted by Gasteiger charge is 2.10. The Balaban J connectivity index is 2.02. The second kappa shape index (κ2) is 3.86. The molecule has 0 aliphatic carbocycles. The predicted molar refractivity (Wildman–Crippen MR) is 64.0 cm³/mol. The second-order valence-corrected chi connectivity index (χ2v) is 3.74. The normalized spacial score (nSPS) is 10.6. The zero-order chi connectivity index (χ0) is 11.7. The first-order valence-corrected chi connectivity index (χ1v) is 5.30. The van der Waals surface area contributed by atoms with Crippen molar-refractivity contribution in [2.24, 2.45) is 7.05 Å². The maximum Gasteiger partial charge on any atom is 0.192 e. The Morgan fingerprint density at radius 1 is 1.18 bits per heavy atom. The maximum absolute atomic E-state index is 4.43. The number of rotatable bonds is 2. The fraction of sp³-hybridized carbons (Fsp3) is 0.0833. The van der Waals surface area contributed by atoms with E-state index in [0.717, 1.165) is 11.4 Å². The zero-order valence-electron chi connectivity index (χ0n) is 9.33. The predicted octanol–water partition coefficient (Wildman–Crippen LogP) is 1.87. The van der Waals surface area contributed by atoms with Crippen molar-refractivity contribution in [3.05, 3.63) is 42.7 Å². The van der Waals surface area contributed by atoms with Gasteiger partial charge in [-0.05, 0) is 0 Å². The lowest BCUT2D eigenvalue weighted by atomic mass is 10.2. The highest BCUT2D eigenvalue weighted by molar-refractivity contribution is 5.57. The minimum absolute atomic E-state index is 0.677. The first kappa shape index (κ1) is 9.77. The molecule has 1 N–H and O–H groups in total. The highest BCUT2D eigenvalue weighted by atomic mass is 15.2. The number of aryl methyl sites for hydroxylation is 1. The number of H-pyrrole nitrogens is 1. The van der Waals surface area contributed by atoms with Crippen molar-refractivity contribution in [2.75, 3.05) is 0 Å². The van der Waals surface area contributed by atoms with E-state index in [1.54, 1.807) is 6.20 Å². The smallest absolute Gasteiger partial charge is 0.192 e. The lowest BCUT2D eigenvalue weighted by Gasteiger charge is -1.95. The number of benzene rings is 1. The van der Waals surface area contributed by atoms with Crippen LogP contribution in [0.15, 0.2) is 42.7 Å². The maximum atomic E-state index is 4.43. The van der Waals surface area contributed by atoms with Gasteiger partial charge < -0.3 is 4.57 Å². The average Bonchev–Trinajstić information content (AvgIpc) is 2.98. The molecule has 0 saturated carbocycles. The Labute approximate surface area is 98.2 Å². The Morgan fingerprint density at radius 3 is 2.71 bits per heavy atom. The monoisotopic (exact) mass is 225 g/mol. The lowest BCUT2D eigenvalue weighted by molar-refractivity contribution is 0.907. The molecule has 17 heavy (non-hydrogen) atoms. The zero-order valence-corrected chi connectivity index (χ0v) is 9.33. The van der Waals surface area contributed by atoms with Gasteiger partial charge in [0.1, 0.15) is 0 Å². The average molecular weight is 225 g/mol. The standard InChI is InChI=1S/C12H11N5/c1-17-8-7-13-12(17)11-14-10(15-16-11)9-5-3-2-4-6-9/h2-8H,1H3,(H,14,15,16). The van der Waals surface area contributed by atoms with Gasteiger partial charge >= 0.3 is 0 Å². The van der Waals surface area contributed by atoms with Gasteiger partial charge in [-0.15, -0.1) is 0 Å². The van der Waals surface area contributed by atoms with Crippen LogP contribution in [-0.4, -0.2) is 24.7 Å². The molecule has 2 heterocycles. The van der Waals surface area contributed by atoms with Gasteiger partial charge in [0.2, 0.25) is 0 Å². The molecule has 3 rings (SSSR count). The van der Waals surface area contributed by atoms with Crippen LogP contribution in [0.1, 0.15) is 0 Å². The van der Waals surface area contributed by atoms with Crippen LogP contribution in [0, 0.1) is 0 Å². The van der Waals surface area contributed by atoms with Crippen LogP contribution in [0.4, 0.5) is 0 Å². The topological polar surface area (TPSA) is 59.4 Å². The van der Waals surface area contributed by atoms with Crippen molar-refractivity contribution in [3.63, 3.8) is 0 Å². The van der Waals surface area contributed by atoms with Gasteiger partial charge in [-0.1, -0.05) is 30.3 Å². The summed E-state index contributed by atoms with van der Waals surface area (Å²) < 4.78 is 1.90. The molecule has 0 radical (unpaired) electrons. The molecule has 84 valence electrons. The van der Waals surface area contributed by atoms with E-state index in [4.69, 9.17) is 0 Å². The molecule has 0 spiro atoms. The summed E-state index contributed by atoms with van der Waals surface area (Å²) >= 11 is 0. The summed E-state index contributed by atoms with van der Waals surface area (Å²) in [7, 11) is 1.92. The van der Waals surface area contributed by atoms with Crippen LogP contribution < -0.4 is 0 Å². The molecule has 5 nitrogen and oxygen atoms in total. The quantitative estimate of drug-likeness (QED) is 0.724. The van der Waals surface area contributed by atoms with E-state index >= 15 is 0 Å². The molecule has 0 aliphatic heterocycles. The van der Waals surface area contributed by atoms with Crippen molar-refractivity contribution in [1.82, 2.24) is 24.7 Å². The van der Waals surface area contributed by atoms with E-state index < -0.39 is 0 Å². The minimum atomic E-state index is 0.677. The second-order valence-electron chi connectivity index (χ2n) is 3.74. The van der Waals surface area contributed by atoms with E-state index in [9.17, 15) is 0 Å². The van der Waals surface area contributed by atoms with Crippen LogP contribution in [0.2, 0.25) is 0 Å². The molecule has 0 saturated heterocycles. The highest BCUT2D eigenvalue weighted by Crippen LogP contribution is 2.17. The van der Waals surface area contributed by atoms with Crippen LogP contribution in [0.25, 0.3) is 23.0 Å². The van der Waals surface area contributed by atoms with E-state index in [2.05, 4.69) is 20.2 Å². The number of aromatic nitrogens is 5. The van der Waals surface area contributed by atoms with Gasteiger partial charge in [0.15, 0.2) is 17.5 Å². The van der Waals surface area contributed by atoms with Gasteiger partial charge in [-0.2, -0.15) is 5.10 Å². The summed E-state index contributed by atoms with van der Waals surface area (Å²) in [5.41, 5.74) is 0.990. The molecule has 5 heteroatoms. The van der Waals surface area contributed by atoms with Crippen molar-refractivity contribution in [1.29, 1.82) is 0 Å². The molecule has 2 aromatic heterocycles. The van der Waals surface area contributed by atoms with E-state index in [-0.39, 0.29) is 0 Å². The Bertz CT molecular complexity index is 623. The number of nitrogens with zero attached hydrogens (tertiary/aromatic N) is 4. The van der Waals surface area contributed by atoms with E-state index in [1.165, 1.54) is 0 Å². The molecular formula is C12H11N5. The number of imidazole rings is 1. The summed E-state index contributed by atoms with van der Waals surface area (Å²) in [6.07, 6.45) is 3.61. The largest absolute Gasteiger partial charge is 0.331 e. The number of aromatic amines is 1. The van der Waals surface area contributed by atoms with E-state index in [0.29, 0.717) is 11.6 Å². The molecule has 0 bridgehead atoms. The first-order chi connectivity index (χ1) is 8.34. The Kier molecular flexibility index (Phi) is 2.22. The molecule has 0 amide bonds. The number of hydrogen-bond donors (Lipinski definition) is 1. The van der Waals surface area contributed by atoms with Crippen molar-refractivity contribution < 1.29 is 0 Å². The summed E-state index contributed by atoms with van der Waals surface area (Å²) in [4.78, 5) is 8.66. The van der Waals surface area contributed by atoms with Crippen LogP contribution in [0.3, 0.4) is 0 Å². The Morgan fingerprint density at radius 2 is 2.00 bits per heavy atom. The summed E-state index contributed by atoms with van der Waals surface area (Å²) in [6.45, 7) is 0. The molecular weight excluding hydrogens is 214 g/mol. The molecule has 0 unspecified atom stereocenters. The molecule has 0 aliphatic rings. The van der Waals surface area contributed by atoms with E-state index in [1.807, 2.05) is 48.1 Å². The van der Waals surface area contributed by atoms with Crippen LogP contribution >= 0.6 is 0 Å². The molecule has 3 aromatic rings. The van der Waals surface area contributed by atoms with Crippen molar-refractivity contribution in [3.8, 4) is 23.0 Å². The van der Waals surface area contributed by atoms with Gasteiger partial charge in [-0.25, -0.2) is 9.97 Å². The number of nitrogens with one attached hydrogen (secondary N) is 1. The molecule has 0 fully saturated rings. The minimum Gasteiger partial charge on any atom is -0.331 e. The molecule has 1 aromatic carbocycles. The summed E-state index contributed by atoms with van der Waals surface area (Å²) in [5.74, 6) is 2.14. The van der Waals surface area contributed by atoms with Crippen LogP contribution in [-0.2, 0) is 7.05 Å². The van der Waals surface area contributed by atoms with Crippen molar-refractivity contribution >= 4 is 0 Å². The summed E-state index contributed by atoms with van der Waals surface area (Å²) in [6, 6.07) is 9.85. The number of hydrogen-bond acceptors (Lipinski definition) is 3. The third-order valence-corrected chi connectivity index (χ3v) is 2.55.